The van der Waals surface area contributed by atoms with Crippen molar-refractivity contribution in [2.45, 2.75) is 57.5 Å². The molecule has 17 heavy (non-hydrogen) atoms. The monoisotopic (exact) mass is 229 g/mol. The molecule has 1 heteroatoms. The molecular weight excluding hydrogens is 206 g/mol. The molecule has 2 aliphatic rings. The molecule has 92 valence electrons. The summed E-state index contributed by atoms with van der Waals surface area (Å²) in [7, 11) is 0. The maximum absolute atomic E-state index is 3.72. The topological polar surface area (TPSA) is 12.0 Å². The minimum absolute atomic E-state index is 0.730. The van der Waals surface area contributed by atoms with E-state index < -0.39 is 0 Å². The van der Waals surface area contributed by atoms with E-state index in [1.807, 2.05) is 0 Å². The molecule has 1 fully saturated rings. The second-order valence-corrected chi connectivity index (χ2v) is 5.79. The van der Waals surface area contributed by atoms with Crippen LogP contribution >= 0.6 is 0 Å². The molecule has 3 rings (SSSR count). The first-order valence-corrected chi connectivity index (χ1v) is 7.22. The summed E-state index contributed by atoms with van der Waals surface area (Å²) in [6, 6.07) is 9.64. The summed E-state index contributed by atoms with van der Waals surface area (Å²) in [6.07, 6.45) is 9.99. The van der Waals surface area contributed by atoms with Crippen LogP contribution in [-0.4, -0.2) is 6.04 Å². The summed E-state index contributed by atoms with van der Waals surface area (Å²) in [4.78, 5) is 0. The second kappa shape index (κ2) is 5.22. The fraction of sp³-hybridized carbons (Fsp3) is 0.625. The van der Waals surface area contributed by atoms with Crippen LogP contribution < -0.4 is 5.32 Å². The van der Waals surface area contributed by atoms with Gasteiger partial charge in [-0.25, -0.2) is 0 Å². The Morgan fingerprint density at radius 1 is 1.00 bits per heavy atom. The highest BCUT2D eigenvalue weighted by Crippen LogP contribution is 2.29. The highest BCUT2D eigenvalue weighted by atomic mass is 14.9. The van der Waals surface area contributed by atoms with Crippen molar-refractivity contribution in [3.8, 4) is 0 Å². The standard InChI is InChI=1S/C16H23N/c1-2-6-13(7-3-1)10-16-11-14-8-4-5-9-15(14)12-17-16/h4-5,8-9,13,16-17H,1-3,6-7,10-12H2. The molecule has 0 spiro atoms. The second-order valence-electron chi connectivity index (χ2n) is 5.79. The first kappa shape index (κ1) is 11.3. The molecule has 0 aromatic heterocycles. The van der Waals surface area contributed by atoms with Crippen molar-refractivity contribution in [2.75, 3.05) is 0 Å². The summed E-state index contributed by atoms with van der Waals surface area (Å²) in [5.74, 6) is 0.992. The molecule has 1 aromatic carbocycles. The van der Waals surface area contributed by atoms with Gasteiger partial charge in [-0.05, 0) is 29.9 Å². The quantitative estimate of drug-likeness (QED) is 0.816. The van der Waals surface area contributed by atoms with Crippen LogP contribution in [0.1, 0.15) is 49.7 Å². The Hall–Kier alpha value is -0.820. The van der Waals surface area contributed by atoms with E-state index in [4.69, 9.17) is 0 Å². The molecule has 1 saturated carbocycles. The fourth-order valence-electron chi connectivity index (χ4n) is 3.51. The number of benzene rings is 1. The van der Waals surface area contributed by atoms with Crippen molar-refractivity contribution >= 4 is 0 Å². The minimum atomic E-state index is 0.730. The van der Waals surface area contributed by atoms with Crippen LogP contribution in [0.15, 0.2) is 24.3 Å². The van der Waals surface area contributed by atoms with Gasteiger partial charge in [-0.1, -0.05) is 56.4 Å². The highest BCUT2D eigenvalue weighted by molar-refractivity contribution is 5.29. The van der Waals surface area contributed by atoms with Crippen LogP contribution in [0, 0.1) is 5.92 Å². The van der Waals surface area contributed by atoms with Crippen LogP contribution in [0.5, 0.6) is 0 Å². The number of nitrogens with one attached hydrogen (secondary N) is 1. The summed E-state index contributed by atoms with van der Waals surface area (Å²) < 4.78 is 0. The first-order valence-electron chi connectivity index (χ1n) is 7.22. The van der Waals surface area contributed by atoms with E-state index >= 15 is 0 Å². The predicted molar refractivity (Wildman–Crippen MR) is 72.0 cm³/mol. The Balaban J connectivity index is 1.60. The van der Waals surface area contributed by atoms with E-state index in [1.54, 1.807) is 5.56 Å². The molecule has 0 bridgehead atoms. The third-order valence-corrected chi connectivity index (χ3v) is 4.51. The normalized spacial score (nSPS) is 25.5. The fourth-order valence-corrected chi connectivity index (χ4v) is 3.51. The maximum Gasteiger partial charge on any atom is 0.0210 e. The zero-order valence-corrected chi connectivity index (χ0v) is 10.6. The predicted octanol–water partition coefficient (Wildman–Crippen LogP) is 3.67. The third-order valence-electron chi connectivity index (χ3n) is 4.51. The molecule has 1 unspecified atom stereocenters. The number of fused-ring (bicyclic) bond motifs is 1. The third kappa shape index (κ3) is 2.71. The van der Waals surface area contributed by atoms with E-state index in [-0.39, 0.29) is 0 Å². The lowest BCUT2D eigenvalue weighted by atomic mass is 9.82. The van der Waals surface area contributed by atoms with Crippen molar-refractivity contribution in [1.29, 1.82) is 0 Å². The van der Waals surface area contributed by atoms with Crippen molar-refractivity contribution in [3.63, 3.8) is 0 Å². The van der Waals surface area contributed by atoms with Gasteiger partial charge in [-0.3, -0.25) is 0 Å². The van der Waals surface area contributed by atoms with E-state index in [2.05, 4.69) is 29.6 Å². The van der Waals surface area contributed by atoms with Gasteiger partial charge >= 0.3 is 0 Å². The Morgan fingerprint density at radius 2 is 1.76 bits per heavy atom. The van der Waals surface area contributed by atoms with Crippen molar-refractivity contribution in [3.05, 3.63) is 35.4 Å². The van der Waals surface area contributed by atoms with Crippen molar-refractivity contribution in [2.24, 2.45) is 5.92 Å². The molecule has 0 radical (unpaired) electrons. The summed E-state index contributed by atoms with van der Waals surface area (Å²) in [6.45, 7) is 1.08. The lowest BCUT2D eigenvalue weighted by Gasteiger charge is -2.31. The van der Waals surface area contributed by atoms with E-state index in [0.29, 0.717) is 0 Å². The van der Waals surface area contributed by atoms with Crippen LogP contribution in [0.3, 0.4) is 0 Å². The summed E-state index contributed by atoms with van der Waals surface area (Å²) in [5, 5.41) is 3.72. The van der Waals surface area contributed by atoms with Gasteiger partial charge in [0.25, 0.3) is 0 Å². The zero-order valence-electron chi connectivity index (χ0n) is 10.6. The number of hydrogen-bond acceptors (Lipinski definition) is 1. The molecule has 1 aliphatic heterocycles. The van der Waals surface area contributed by atoms with Gasteiger partial charge in [0.1, 0.15) is 0 Å². The van der Waals surface area contributed by atoms with Gasteiger partial charge in [0.05, 0.1) is 0 Å². The molecule has 1 atom stereocenters. The summed E-state index contributed by atoms with van der Waals surface area (Å²) in [5.41, 5.74) is 3.08. The van der Waals surface area contributed by atoms with Crippen molar-refractivity contribution < 1.29 is 0 Å². The maximum atomic E-state index is 3.72. The van der Waals surface area contributed by atoms with Gasteiger partial charge in [0, 0.05) is 12.6 Å². The molecular formula is C16H23N. The molecule has 1 aromatic rings. The Labute approximate surface area is 105 Å². The average Bonchev–Trinajstić information content (AvgIpc) is 2.40. The first-order chi connectivity index (χ1) is 8.42. The smallest absolute Gasteiger partial charge is 0.0210 e. The lowest BCUT2D eigenvalue weighted by Crippen LogP contribution is -2.37. The van der Waals surface area contributed by atoms with Crippen LogP contribution in [0.2, 0.25) is 0 Å². The lowest BCUT2D eigenvalue weighted by molar-refractivity contribution is 0.290. The zero-order chi connectivity index (χ0) is 11.5. The Bertz CT molecular complexity index is 366. The molecule has 1 nitrogen and oxygen atoms in total. The largest absolute Gasteiger partial charge is 0.310 e. The van der Waals surface area contributed by atoms with Crippen LogP contribution in [0.4, 0.5) is 0 Å². The highest BCUT2D eigenvalue weighted by Gasteiger charge is 2.22. The van der Waals surface area contributed by atoms with E-state index in [1.165, 1.54) is 50.5 Å². The van der Waals surface area contributed by atoms with Gasteiger partial charge < -0.3 is 5.32 Å². The minimum Gasteiger partial charge on any atom is -0.310 e. The summed E-state index contributed by atoms with van der Waals surface area (Å²) >= 11 is 0. The molecule has 1 aliphatic carbocycles. The van der Waals surface area contributed by atoms with Gasteiger partial charge in [0.2, 0.25) is 0 Å². The van der Waals surface area contributed by atoms with Crippen molar-refractivity contribution in [1.82, 2.24) is 5.32 Å². The SMILES string of the molecule is c1ccc2c(c1)CNC(CC1CCCCC1)C2. The average molecular weight is 229 g/mol. The Morgan fingerprint density at radius 3 is 2.59 bits per heavy atom. The molecule has 1 heterocycles. The van der Waals surface area contributed by atoms with Crippen LogP contribution in [-0.2, 0) is 13.0 Å². The number of hydrogen-bond donors (Lipinski definition) is 1. The van der Waals surface area contributed by atoms with Gasteiger partial charge in [-0.15, -0.1) is 0 Å². The Kier molecular flexibility index (Phi) is 3.46. The van der Waals surface area contributed by atoms with Gasteiger partial charge in [-0.2, -0.15) is 0 Å². The van der Waals surface area contributed by atoms with Crippen LogP contribution in [0.25, 0.3) is 0 Å². The molecule has 0 amide bonds. The van der Waals surface area contributed by atoms with E-state index in [9.17, 15) is 0 Å². The molecule has 1 N–H and O–H groups in total. The van der Waals surface area contributed by atoms with Gasteiger partial charge in [0.15, 0.2) is 0 Å². The number of rotatable bonds is 2. The van der Waals surface area contributed by atoms with E-state index in [0.717, 1.165) is 18.5 Å². The molecule has 0 saturated heterocycles.